The first kappa shape index (κ1) is 12.0. The fraction of sp³-hybridized carbons (Fsp3) is 0.600. The summed E-state index contributed by atoms with van der Waals surface area (Å²) in [6, 6.07) is 5.80. The van der Waals surface area contributed by atoms with Gasteiger partial charge in [-0.05, 0) is 44.0 Å². The van der Waals surface area contributed by atoms with Crippen molar-refractivity contribution in [1.82, 2.24) is 4.90 Å². The molecule has 0 spiro atoms. The van der Waals surface area contributed by atoms with Gasteiger partial charge in [-0.15, -0.1) is 0 Å². The Bertz CT molecular complexity index is 433. The lowest BCUT2D eigenvalue weighted by molar-refractivity contribution is 0.133. The molecule has 2 nitrogen and oxygen atoms in total. The first-order valence-corrected chi connectivity index (χ1v) is 6.99. The van der Waals surface area contributed by atoms with Crippen molar-refractivity contribution in [2.45, 2.75) is 32.2 Å². The summed E-state index contributed by atoms with van der Waals surface area (Å²) < 4.78 is 13.4. The van der Waals surface area contributed by atoms with Crippen molar-refractivity contribution in [2.24, 2.45) is 0 Å². The molecule has 2 aliphatic heterocycles. The average Bonchev–Trinajstić information content (AvgIpc) is 2.41. The van der Waals surface area contributed by atoms with E-state index in [0.29, 0.717) is 6.04 Å². The summed E-state index contributed by atoms with van der Waals surface area (Å²) >= 11 is 0. The third-order valence-electron chi connectivity index (χ3n) is 4.35. The molecule has 0 aromatic heterocycles. The molecule has 1 atom stereocenters. The predicted octanol–water partition coefficient (Wildman–Crippen LogP) is 2.81. The van der Waals surface area contributed by atoms with Crippen LogP contribution in [0.3, 0.4) is 0 Å². The van der Waals surface area contributed by atoms with E-state index in [-0.39, 0.29) is 5.82 Å². The first-order chi connectivity index (χ1) is 8.74. The van der Waals surface area contributed by atoms with E-state index < -0.39 is 0 Å². The topological polar surface area (TPSA) is 6.48 Å². The van der Waals surface area contributed by atoms with Gasteiger partial charge in [0.1, 0.15) is 5.82 Å². The van der Waals surface area contributed by atoms with Crippen molar-refractivity contribution in [1.29, 1.82) is 0 Å². The molecule has 0 amide bonds. The average molecular weight is 248 g/mol. The van der Waals surface area contributed by atoms with E-state index in [2.05, 4.69) is 16.7 Å². The Balaban J connectivity index is 1.79. The molecule has 0 bridgehead atoms. The highest BCUT2D eigenvalue weighted by Gasteiger charge is 2.29. The highest BCUT2D eigenvalue weighted by molar-refractivity contribution is 5.53. The summed E-state index contributed by atoms with van der Waals surface area (Å²) in [5, 5.41) is 0. The lowest BCUT2D eigenvalue weighted by atomic mass is 9.99. The summed E-state index contributed by atoms with van der Waals surface area (Å²) in [5.74, 6) is -0.123. The quantitative estimate of drug-likeness (QED) is 0.754. The second-order valence-corrected chi connectivity index (χ2v) is 5.56. The lowest BCUT2D eigenvalue weighted by Gasteiger charge is -2.45. The number of hydrogen-bond acceptors (Lipinski definition) is 2. The smallest absolute Gasteiger partial charge is 0.125 e. The van der Waals surface area contributed by atoms with Crippen LogP contribution in [0.5, 0.6) is 0 Å². The maximum absolute atomic E-state index is 13.4. The van der Waals surface area contributed by atoms with Gasteiger partial charge in [0, 0.05) is 31.4 Å². The van der Waals surface area contributed by atoms with Crippen molar-refractivity contribution < 1.29 is 4.39 Å². The zero-order valence-electron chi connectivity index (χ0n) is 11.0. The highest BCUT2D eigenvalue weighted by atomic mass is 19.1. The third-order valence-corrected chi connectivity index (χ3v) is 4.35. The van der Waals surface area contributed by atoms with Gasteiger partial charge in [0.05, 0.1) is 0 Å². The number of rotatable bonds is 1. The van der Waals surface area contributed by atoms with Gasteiger partial charge < -0.3 is 4.90 Å². The first-order valence-electron chi connectivity index (χ1n) is 6.99. The molecular formula is C15H21FN2. The molecule has 1 unspecified atom stereocenters. The largest absolute Gasteiger partial charge is 0.368 e. The summed E-state index contributed by atoms with van der Waals surface area (Å²) in [7, 11) is 0. The standard InChI is InChI=1S/C15H21FN2/c1-12-5-6-13(16)10-15(12)18-9-8-17-7-3-2-4-14(17)11-18/h5-6,10,14H,2-4,7-9,11H2,1H3. The molecule has 2 heterocycles. The molecule has 2 fully saturated rings. The molecule has 2 saturated heterocycles. The molecular weight excluding hydrogens is 227 g/mol. The number of hydrogen-bond donors (Lipinski definition) is 0. The number of nitrogens with zero attached hydrogens (tertiary/aromatic N) is 2. The maximum Gasteiger partial charge on any atom is 0.125 e. The number of anilines is 1. The predicted molar refractivity (Wildman–Crippen MR) is 72.6 cm³/mol. The van der Waals surface area contributed by atoms with Crippen LogP contribution in [0.2, 0.25) is 0 Å². The number of aryl methyl sites for hydroxylation is 1. The Labute approximate surface area is 108 Å². The van der Waals surface area contributed by atoms with Crippen LogP contribution in [0.1, 0.15) is 24.8 Å². The highest BCUT2D eigenvalue weighted by Crippen LogP contribution is 2.27. The molecule has 3 rings (SSSR count). The van der Waals surface area contributed by atoms with Crippen LogP contribution in [-0.2, 0) is 0 Å². The van der Waals surface area contributed by atoms with Crippen molar-refractivity contribution >= 4 is 5.69 Å². The molecule has 0 radical (unpaired) electrons. The maximum atomic E-state index is 13.4. The zero-order chi connectivity index (χ0) is 12.5. The van der Waals surface area contributed by atoms with Gasteiger partial charge in [0.2, 0.25) is 0 Å². The van der Waals surface area contributed by atoms with Gasteiger partial charge >= 0.3 is 0 Å². The summed E-state index contributed by atoms with van der Waals surface area (Å²) in [6.07, 6.45) is 3.98. The van der Waals surface area contributed by atoms with Gasteiger partial charge in [-0.25, -0.2) is 4.39 Å². The summed E-state index contributed by atoms with van der Waals surface area (Å²) in [5.41, 5.74) is 2.26. The molecule has 1 aromatic rings. The van der Waals surface area contributed by atoms with Crippen molar-refractivity contribution in [3.8, 4) is 0 Å². The van der Waals surface area contributed by atoms with Gasteiger partial charge in [-0.3, -0.25) is 4.90 Å². The minimum Gasteiger partial charge on any atom is -0.368 e. The van der Waals surface area contributed by atoms with Crippen molar-refractivity contribution in [3.63, 3.8) is 0 Å². The van der Waals surface area contributed by atoms with Crippen LogP contribution < -0.4 is 4.90 Å². The molecule has 2 aliphatic rings. The number of piperazine rings is 1. The fourth-order valence-corrected chi connectivity index (χ4v) is 3.30. The number of halogens is 1. The summed E-state index contributed by atoms with van der Waals surface area (Å²) in [4.78, 5) is 4.97. The molecule has 0 aliphatic carbocycles. The second-order valence-electron chi connectivity index (χ2n) is 5.56. The molecule has 3 heteroatoms. The van der Waals surface area contributed by atoms with Crippen LogP contribution >= 0.6 is 0 Å². The Hall–Kier alpha value is -1.09. The lowest BCUT2D eigenvalue weighted by Crippen LogP contribution is -2.55. The Morgan fingerprint density at radius 2 is 2.06 bits per heavy atom. The Morgan fingerprint density at radius 1 is 1.17 bits per heavy atom. The van der Waals surface area contributed by atoms with Crippen molar-refractivity contribution in [2.75, 3.05) is 31.1 Å². The monoisotopic (exact) mass is 248 g/mol. The van der Waals surface area contributed by atoms with Gasteiger partial charge in [0.25, 0.3) is 0 Å². The van der Waals surface area contributed by atoms with E-state index >= 15 is 0 Å². The zero-order valence-corrected chi connectivity index (χ0v) is 11.0. The van der Waals surface area contributed by atoms with Crippen LogP contribution in [-0.4, -0.2) is 37.1 Å². The molecule has 98 valence electrons. The van der Waals surface area contributed by atoms with Crippen LogP contribution in [0, 0.1) is 12.7 Å². The summed E-state index contributed by atoms with van der Waals surface area (Å²) in [6.45, 7) is 6.54. The van der Waals surface area contributed by atoms with Gasteiger partial charge in [0.15, 0.2) is 0 Å². The van der Waals surface area contributed by atoms with Gasteiger partial charge in [-0.2, -0.15) is 0 Å². The minimum absolute atomic E-state index is 0.123. The molecule has 0 N–H and O–H groups in total. The van der Waals surface area contributed by atoms with Crippen LogP contribution in [0.15, 0.2) is 18.2 Å². The SMILES string of the molecule is Cc1ccc(F)cc1N1CCN2CCCCC2C1. The third kappa shape index (κ3) is 2.24. The molecule has 18 heavy (non-hydrogen) atoms. The van der Waals surface area contributed by atoms with E-state index in [4.69, 9.17) is 0 Å². The number of piperidine rings is 1. The normalized spacial score (nSPS) is 25.0. The number of benzene rings is 1. The van der Waals surface area contributed by atoms with E-state index in [1.165, 1.54) is 31.4 Å². The van der Waals surface area contributed by atoms with E-state index in [9.17, 15) is 4.39 Å². The second kappa shape index (κ2) is 4.88. The molecule has 1 aromatic carbocycles. The Kier molecular flexibility index (Phi) is 3.25. The minimum atomic E-state index is -0.123. The van der Waals surface area contributed by atoms with E-state index in [1.807, 2.05) is 6.07 Å². The number of fused-ring (bicyclic) bond motifs is 1. The van der Waals surface area contributed by atoms with Crippen molar-refractivity contribution in [3.05, 3.63) is 29.6 Å². The Morgan fingerprint density at radius 3 is 2.94 bits per heavy atom. The van der Waals surface area contributed by atoms with Crippen LogP contribution in [0.25, 0.3) is 0 Å². The fourth-order valence-electron chi connectivity index (χ4n) is 3.30. The molecule has 0 saturated carbocycles. The van der Waals surface area contributed by atoms with E-state index in [1.54, 1.807) is 12.1 Å². The van der Waals surface area contributed by atoms with Crippen LogP contribution in [0.4, 0.5) is 10.1 Å². The van der Waals surface area contributed by atoms with E-state index in [0.717, 1.165) is 25.3 Å². The van der Waals surface area contributed by atoms with Gasteiger partial charge in [-0.1, -0.05) is 12.5 Å².